The second-order valence-electron chi connectivity index (χ2n) is 6.71. The van der Waals surface area contributed by atoms with Gasteiger partial charge in [0.15, 0.2) is 12.4 Å². The number of benzene rings is 3. The first kappa shape index (κ1) is 19.4. The average molecular weight is 400 g/mol. The van der Waals surface area contributed by atoms with Gasteiger partial charge >= 0.3 is 0 Å². The molecule has 150 valence electrons. The number of hydrogen-bond acceptors (Lipinski definition) is 6. The van der Waals surface area contributed by atoms with Crippen LogP contribution in [0.3, 0.4) is 0 Å². The van der Waals surface area contributed by atoms with Gasteiger partial charge in [0, 0.05) is 12.5 Å². The predicted molar refractivity (Wildman–Crippen MR) is 114 cm³/mol. The molecule has 4 rings (SSSR count). The van der Waals surface area contributed by atoms with Crippen LogP contribution >= 0.6 is 0 Å². The van der Waals surface area contributed by atoms with Crippen molar-refractivity contribution in [2.45, 2.75) is 13.5 Å². The number of aryl methyl sites for hydroxylation is 1. The van der Waals surface area contributed by atoms with Crippen LogP contribution in [-0.4, -0.2) is 23.0 Å². The molecule has 0 amide bonds. The summed E-state index contributed by atoms with van der Waals surface area (Å²) in [6.07, 6.45) is 3.36. The maximum Gasteiger partial charge on any atom is 0.223 e. The van der Waals surface area contributed by atoms with E-state index in [9.17, 15) is 4.79 Å². The zero-order valence-corrected chi connectivity index (χ0v) is 16.7. The predicted octanol–water partition coefficient (Wildman–Crippen LogP) is 5.01. The first-order valence-corrected chi connectivity index (χ1v) is 9.43. The molecule has 0 bridgehead atoms. The number of nitrogens with zero attached hydrogens (tertiary/aromatic N) is 2. The lowest BCUT2D eigenvalue weighted by atomic mass is 10.0. The van der Waals surface area contributed by atoms with Gasteiger partial charge in [0.1, 0.15) is 11.5 Å². The van der Waals surface area contributed by atoms with Crippen LogP contribution in [0.2, 0.25) is 0 Å². The zero-order valence-electron chi connectivity index (χ0n) is 16.7. The Bertz CT molecular complexity index is 1210. The molecule has 0 N–H and O–H groups in total. The van der Waals surface area contributed by atoms with Gasteiger partial charge in [-0.25, -0.2) is 0 Å². The van der Waals surface area contributed by atoms with E-state index in [0.717, 1.165) is 22.1 Å². The summed E-state index contributed by atoms with van der Waals surface area (Å²) in [5.74, 6) is 2.42. The highest BCUT2D eigenvalue weighted by atomic mass is 16.5. The molecule has 0 spiro atoms. The van der Waals surface area contributed by atoms with Crippen molar-refractivity contribution in [2.24, 2.45) is 0 Å². The summed E-state index contributed by atoms with van der Waals surface area (Å²) in [6.45, 7) is 1.97. The summed E-state index contributed by atoms with van der Waals surface area (Å²) in [4.78, 5) is 16.6. The molecule has 6 heteroatoms. The maximum atomic E-state index is 12.6. The van der Waals surface area contributed by atoms with Crippen molar-refractivity contribution in [3.05, 3.63) is 89.6 Å². The molecule has 0 aliphatic heterocycles. The van der Waals surface area contributed by atoms with E-state index < -0.39 is 0 Å². The topological polar surface area (TPSA) is 74.5 Å². The molecular weight excluding hydrogens is 380 g/mol. The number of fused-ring (bicyclic) bond motifs is 1. The Balaban J connectivity index is 1.40. The number of methoxy groups -OCH3 is 1. The minimum absolute atomic E-state index is 0.0551. The van der Waals surface area contributed by atoms with Crippen LogP contribution in [0.15, 0.2) is 71.3 Å². The molecule has 0 unspecified atom stereocenters. The van der Waals surface area contributed by atoms with Gasteiger partial charge in [-0.1, -0.05) is 41.6 Å². The van der Waals surface area contributed by atoms with Gasteiger partial charge in [-0.2, -0.15) is 4.98 Å². The number of rotatable bonds is 7. The Hall–Kier alpha value is -3.93. The summed E-state index contributed by atoms with van der Waals surface area (Å²) in [5, 5.41) is 5.81. The van der Waals surface area contributed by atoms with Gasteiger partial charge in [-0.15, -0.1) is 0 Å². The standard InChI is InChI=1S/C24H20N2O4/c1-16-25-24(26-30-16)15-29-21-9-3-17(4-10-21)5-12-23(27)20-7-6-19-14-22(28-2)11-8-18(19)13-20/h3-14H,15H2,1-2H3/b12-5+. The van der Waals surface area contributed by atoms with Crippen molar-refractivity contribution in [1.29, 1.82) is 0 Å². The molecule has 6 nitrogen and oxygen atoms in total. The van der Waals surface area contributed by atoms with Crippen LogP contribution in [-0.2, 0) is 6.61 Å². The fourth-order valence-electron chi connectivity index (χ4n) is 3.00. The molecule has 1 aromatic heterocycles. The second kappa shape index (κ2) is 8.61. The fourth-order valence-corrected chi connectivity index (χ4v) is 3.00. The normalized spacial score (nSPS) is 11.1. The Labute approximate surface area is 173 Å². The monoisotopic (exact) mass is 400 g/mol. The van der Waals surface area contributed by atoms with Gasteiger partial charge < -0.3 is 14.0 Å². The maximum absolute atomic E-state index is 12.6. The van der Waals surface area contributed by atoms with E-state index >= 15 is 0 Å². The van der Waals surface area contributed by atoms with Crippen LogP contribution < -0.4 is 9.47 Å². The molecule has 3 aromatic carbocycles. The number of carbonyl (C=O) groups is 1. The van der Waals surface area contributed by atoms with Crippen LogP contribution in [0.1, 0.15) is 27.6 Å². The van der Waals surface area contributed by atoms with Crippen LogP contribution in [0, 0.1) is 6.92 Å². The second-order valence-corrected chi connectivity index (χ2v) is 6.71. The molecule has 30 heavy (non-hydrogen) atoms. The Morgan fingerprint density at radius 2 is 1.73 bits per heavy atom. The number of ether oxygens (including phenoxy) is 2. The minimum Gasteiger partial charge on any atom is -0.497 e. The molecule has 1 heterocycles. The highest BCUT2D eigenvalue weighted by molar-refractivity contribution is 6.08. The van der Waals surface area contributed by atoms with Crippen molar-refractivity contribution in [3.63, 3.8) is 0 Å². The molecule has 4 aromatic rings. The van der Waals surface area contributed by atoms with E-state index in [1.54, 1.807) is 26.2 Å². The highest BCUT2D eigenvalue weighted by Gasteiger charge is 2.05. The van der Waals surface area contributed by atoms with E-state index in [4.69, 9.17) is 14.0 Å². The van der Waals surface area contributed by atoms with Gasteiger partial charge in [-0.3, -0.25) is 4.79 Å². The van der Waals surface area contributed by atoms with E-state index in [1.807, 2.05) is 60.7 Å². The van der Waals surface area contributed by atoms with Crippen LogP contribution in [0.25, 0.3) is 16.8 Å². The molecule has 0 saturated carbocycles. The van der Waals surface area contributed by atoms with Crippen molar-refractivity contribution < 1.29 is 18.8 Å². The number of hydrogen-bond donors (Lipinski definition) is 0. The Morgan fingerprint density at radius 1 is 1.00 bits per heavy atom. The number of ketones is 1. The summed E-state index contributed by atoms with van der Waals surface area (Å²) in [5.41, 5.74) is 1.54. The minimum atomic E-state index is -0.0551. The Kier molecular flexibility index (Phi) is 5.57. The molecule has 0 atom stereocenters. The smallest absolute Gasteiger partial charge is 0.223 e. The number of allylic oxidation sites excluding steroid dienone is 1. The molecule has 0 saturated heterocycles. The summed E-state index contributed by atoms with van der Waals surface area (Å²) in [7, 11) is 1.64. The highest BCUT2D eigenvalue weighted by Crippen LogP contribution is 2.22. The van der Waals surface area contributed by atoms with Crippen molar-refractivity contribution in [1.82, 2.24) is 10.1 Å². The summed E-state index contributed by atoms with van der Waals surface area (Å²) < 4.78 is 15.8. The molecule has 0 aliphatic carbocycles. The van der Waals surface area contributed by atoms with E-state index in [-0.39, 0.29) is 12.4 Å². The third kappa shape index (κ3) is 4.55. The van der Waals surface area contributed by atoms with E-state index in [2.05, 4.69) is 10.1 Å². The van der Waals surface area contributed by atoms with E-state index in [0.29, 0.717) is 23.0 Å². The van der Waals surface area contributed by atoms with Gasteiger partial charge in [0.2, 0.25) is 11.7 Å². The van der Waals surface area contributed by atoms with Gasteiger partial charge in [-0.05, 0) is 52.7 Å². The summed E-state index contributed by atoms with van der Waals surface area (Å²) in [6, 6.07) is 18.9. The van der Waals surface area contributed by atoms with E-state index in [1.165, 1.54) is 0 Å². The lowest BCUT2D eigenvalue weighted by molar-refractivity contribution is 0.104. The average Bonchev–Trinajstić information content (AvgIpc) is 3.21. The third-order valence-electron chi connectivity index (χ3n) is 4.58. The first-order chi connectivity index (χ1) is 14.6. The molecule has 0 radical (unpaired) electrons. The van der Waals surface area contributed by atoms with Crippen molar-refractivity contribution in [2.75, 3.05) is 7.11 Å². The first-order valence-electron chi connectivity index (χ1n) is 9.43. The van der Waals surface area contributed by atoms with Gasteiger partial charge in [0.25, 0.3) is 0 Å². The van der Waals surface area contributed by atoms with Crippen LogP contribution in [0.5, 0.6) is 11.5 Å². The largest absolute Gasteiger partial charge is 0.497 e. The zero-order chi connectivity index (χ0) is 20.9. The third-order valence-corrected chi connectivity index (χ3v) is 4.58. The molecule has 0 fully saturated rings. The van der Waals surface area contributed by atoms with Crippen molar-refractivity contribution in [3.8, 4) is 11.5 Å². The lowest BCUT2D eigenvalue weighted by Crippen LogP contribution is -1.97. The number of carbonyl (C=O) groups excluding carboxylic acids is 1. The van der Waals surface area contributed by atoms with Crippen molar-refractivity contribution >= 4 is 22.6 Å². The summed E-state index contributed by atoms with van der Waals surface area (Å²) >= 11 is 0. The quantitative estimate of drug-likeness (QED) is 0.320. The van der Waals surface area contributed by atoms with Crippen LogP contribution in [0.4, 0.5) is 0 Å². The Morgan fingerprint density at radius 3 is 2.47 bits per heavy atom. The fraction of sp³-hybridized carbons (Fsp3) is 0.125. The SMILES string of the molecule is COc1ccc2cc(C(=O)/C=C/c3ccc(OCc4noc(C)n4)cc3)ccc2c1. The lowest BCUT2D eigenvalue weighted by Gasteiger charge is -2.04. The van der Waals surface area contributed by atoms with Gasteiger partial charge in [0.05, 0.1) is 7.11 Å². The molecule has 0 aliphatic rings. The number of aromatic nitrogens is 2. The molecular formula is C24H20N2O4.